The first-order valence-corrected chi connectivity index (χ1v) is 10.9. The summed E-state index contributed by atoms with van der Waals surface area (Å²) in [5.74, 6) is 3.14. The van der Waals surface area contributed by atoms with Gasteiger partial charge in [0.15, 0.2) is 5.96 Å². The molecule has 0 spiro atoms. The molecule has 2 heterocycles. The van der Waals surface area contributed by atoms with Crippen LogP contribution in [0.3, 0.4) is 0 Å². The number of pyridine rings is 1. The Morgan fingerprint density at radius 3 is 2.62 bits per heavy atom. The van der Waals surface area contributed by atoms with Crippen LogP contribution < -0.4 is 20.1 Å². The molecule has 0 aliphatic heterocycles. The number of nitrogens with one attached hydrogen (secondary N) is 2. The maximum atomic E-state index is 5.65. The van der Waals surface area contributed by atoms with E-state index in [0.717, 1.165) is 49.2 Å². The van der Waals surface area contributed by atoms with Gasteiger partial charge in [0.25, 0.3) is 0 Å². The lowest BCUT2D eigenvalue weighted by atomic mass is 10.3. The van der Waals surface area contributed by atoms with E-state index < -0.39 is 0 Å². The Morgan fingerprint density at radius 2 is 1.88 bits per heavy atom. The van der Waals surface area contributed by atoms with E-state index in [1.54, 1.807) is 12.5 Å². The molecular formula is C23H31N7O2. The van der Waals surface area contributed by atoms with Crippen molar-refractivity contribution in [2.45, 2.75) is 33.4 Å². The molecule has 0 saturated heterocycles. The monoisotopic (exact) mass is 437 g/mol. The van der Waals surface area contributed by atoms with Gasteiger partial charge >= 0.3 is 0 Å². The lowest BCUT2D eigenvalue weighted by Gasteiger charge is -2.12. The van der Waals surface area contributed by atoms with E-state index >= 15 is 0 Å². The highest BCUT2D eigenvalue weighted by Crippen LogP contribution is 2.10. The van der Waals surface area contributed by atoms with Gasteiger partial charge in [-0.15, -0.1) is 10.2 Å². The standard InChI is InChI=1S/C23H31N7O2/c1-3-21-29-28-18-30(21)13-12-25-23(24-4-2)27-17-19-10-11-22(26-16-19)32-15-14-31-20-8-6-5-7-9-20/h5-11,16,18H,3-4,12-15,17H2,1-2H3,(H2,24,25,27). The number of nitrogens with zero attached hydrogens (tertiary/aromatic N) is 5. The lowest BCUT2D eigenvalue weighted by Crippen LogP contribution is -2.38. The van der Waals surface area contributed by atoms with Crippen molar-refractivity contribution >= 4 is 5.96 Å². The van der Waals surface area contributed by atoms with E-state index in [1.165, 1.54) is 0 Å². The van der Waals surface area contributed by atoms with Crippen molar-refractivity contribution < 1.29 is 9.47 Å². The molecule has 9 heteroatoms. The Labute approximate surface area is 188 Å². The number of aryl methyl sites for hydroxylation is 1. The highest BCUT2D eigenvalue weighted by Gasteiger charge is 2.03. The van der Waals surface area contributed by atoms with Gasteiger partial charge in [-0.3, -0.25) is 0 Å². The van der Waals surface area contributed by atoms with Crippen LogP contribution in [0.2, 0.25) is 0 Å². The van der Waals surface area contributed by atoms with Gasteiger partial charge in [-0.05, 0) is 24.6 Å². The molecule has 1 aromatic carbocycles. The summed E-state index contributed by atoms with van der Waals surface area (Å²) in [7, 11) is 0. The summed E-state index contributed by atoms with van der Waals surface area (Å²) < 4.78 is 13.3. The number of ether oxygens (including phenoxy) is 2. The molecule has 0 radical (unpaired) electrons. The topological polar surface area (TPSA) is 98.5 Å². The smallest absolute Gasteiger partial charge is 0.213 e. The molecule has 170 valence electrons. The zero-order valence-corrected chi connectivity index (χ0v) is 18.7. The van der Waals surface area contributed by atoms with Gasteiger partial charge in [-0.2, -0.15) is 0 Å². The van der Waals surface area contributed by atoms with E-state index in [1.807, 2.05) is 54.0 Å². The summed E-state index contributed by atoms with van der Waals surface area (Å²) in [6, 6.07) is 13.5. The average Bonchev–Trinajstić information content (AvgIpc) is 3.29. The summed E-state index contributed by atoms with van der Waals surface area (Å²) in [5, 5.41) is 14.7. The third-order valence-corrected chi connectivity index (χ3v) is 4.56. The Bertz CT molecular complexity index is 942. The maximum Gasteiger partial charge on any atom is 0.213 e. The molecule has 3 aromatic rings. The van der Waals surface area contributed by atoms with Crippen LogP contribution in [0, 0.1) is 0 Å². The number of guanidine groups is 1. The zero-order valence-electron chi connectivity index (χ0n) is 18.7. The van der Waals surface area contributed by atoms with Crippen LogP contribution in [0.5, 0.6) is 11.6 Å². The first kappa shape index (κ1) is 23.1. The fourth-order valence-corrected chi connectivity index (χ4v) is 2.96. The lowest BCUT2D eigenvalue weighted by molar-refractivity contribution is 0.212. The Morgan fingerprint density at radius 1 is 1.03 bits per heavy atom. The highest BCUT2D eigenvalue weighted by molar-refractivity contribution is 5.79. The third kappa shape index (κ3) is 7.57. The van der Waals surface area contributed by atoms with Crippen molar-refractivity contribution in [3.63, 3.8) is 0 Å². The van der Waals surface area contributed by atoms with Gasteiger partial charge in [-0.25, -0.2) is 9.98 Å². The van der Waals surface area contributed by atoms with Crippen molar-refractivity contribution in [3.8, 4) is 11.6 Å². The summed E-state index contributed by atoms with van der Waals surface area (Å²) >= 11 is 0. The quantitative estimate of drug-likeness (QED) is 0.255. The van der Waals surface area contributed by atoms with Gasteiger partial charge in [0.2, 0.25) is 5.88 Å². The second-order valence-electron chi connectivity index (χ2n) is 6.93. The second-order valence-corrected chi connectivity index (χ2v) is 6.93. The first-order chi connectivity index (χ1) is 15.8. The van der Waals surface area contributed by atoms with Crippen LogP contribution in [-0.2, 0) is 19.5 Å². The zero-order chi connectivity index (χ0) is 22.4. The largest absolute Gasteiger partial charge is 0.490 e. The Kier molecular flexibility index (Phi) is 9.32. The molecule has 0 unspecified atom stereocenters. The van der Waals surface area contributed by atoms with Crippen LogP contribution in [0.25, 0.3) is 0 Å². The molecule has 0 aliphatic carbocycles. The molecule has 0 aliphatic rings. The fraction of sp³-hybridized carbons (Fsp3) is 0.391. The number of hydrogen-bond acceptors (Lipinski definition) is 6. The van der Waals surface area contributed by atoms with Crippen LogP contribution in [0.4, 0.5) is 0 Å². The predicted molar refractivity (Wildman–Crippen MR) is 124 cm³/mol. The molecular weight excluding hydrogens is 406 g/mol. The van der Waals surface area contributed by atoms with Gasteiger partial charge in [0, 0.05) is 38.3 Å². The van der Waals surface area contributed by atoms with E-state index in [9.17, 15) is 0 Å². The number of rotatable bonds is 12. The molecule has 32 heavy (non-hydrogen) atoms. The molecule has 9 nitrogen and oxygen atoms in total. The molecule has 0 atom stereocenters. The Hall–Kier alpha value is -3.62. The van der Waals surface area contributed by atoms with Gasteiger partial charge in [0.05, 0.1) is 6.54 Å². The number of aromatic nitrogens is 4. The normalized spacial score (nSPS) is 11.2. The second kappa shape index (κ2) is 12.9. The summed E-state index contributed by atoms with van der Waals surface area (Å²) in [4.78, 5) is 8.99. The van der Waals surface area contributed by atoms with Gasteiger partial charge < -0.3 is 24.7 Å². The van der Waals surface area contributed by atoms with Gasteiger partial charge in [-0.1, -0.05) is 31.2 Å². The van der Waals surface area contributed by atoms with Crippen LogP contribution in [0.15, 0.2) is 60.0 Å². The first-order valence-electron chi connectivity index (χ1n) is 10.9. The van der Waals surface area contributed by atoms with E-state index in [0.29, 0.717) is 25.6 Å². The third-order valence-electron chi connectivity index (χ3n) is 4.56. The Balaban J connectivity index is 1.41. The van der Waals surface area contributed by atoms with Crippen molar-refractivity contribution in [3.05, 3.63) is 66.4 Å². The van der Waals surface area contributed by atoms with Crippen molar-refractivity contribution in [2.24, 2.45) is 4.99 Å². The van der Waals surface area contributed by atoms with Crippen LogP contribution >= 0.6 is 0 Å². The van der Waals surface area contributed by atoms with Gasteiger partial charge in [0.1, 0.15) is 31.1 Å². The van der Waals surface area contributed by atoms with Crippen LogP contribution in [0.1, 0.15) is 25.2 Å². The highest BCUT2D eigenvalue weighted by atomic mass is 16.5. The van der Waals surface area contributed by atoms with E-state index in [-0.39, 0.29) is 0 Å². The number of benzene rings is 1. The minimum atomic E-state index is 0.431. The molecule has 0 amide bonds. The summed E-state index contributed by atoms with van der Waals surface area (Å²) in [6.07, 6.45) is 4.40. The number of hydrogen-bond donors (Lipinski definition) is 2. The molecule has 0 saturated carbocycles. The molecule has 0 bridgehead atoms. The summed E-state index contributed by atoms with van der Waals surface area (Å²) in [5.41, 5.74) is 1.00. The minimum Gasteiger partial charge on any atom is -0.490 e. The van der Waals surface area contributed by atoms with Crippen molar-refractivity contribution in [2.75, 3.05) is 26.3 Å². The van der Waals surface area contributed by atoms with Crippen molar-refractivity contribution in [1.82, 2.24) is 30.4 Å². The van der Waals surface area contributed by atoms with Crippen molar-refractivity contribution in [1.29, 1.82) is 0 Å². The van der Waals surface area contributed by atoms with E-state index in [4.69, 9.17) is 9.47 Å². The minimum absolute atomic E-state index is 0.431. The average molecular weight is 438 g/mol. The number of aliphatic imine (C=N–C) groups is 1. The molecule has 2 aromatic heterocycles. The van der Waals surface area contributed by atoms with E-state index in [2.05, 4.69) is 37.7 Å². The summed E-state index contributed by atoms with van der Waals surface area (Å²) in [6.45, 7) is 7.82. The number of para-hydroxylation sites is 1. The predicted octanol–water partition coefficient (Wildman–Crippen LogP) is 2.45. The molecule has 3 rings (SSSR count). The molecule has 2 N–H and O–H groups in total. The maximum absolute atomic E-state index is 5.65. The fourth-order valence-electron chi connectivity index (χ4n) is 2.96. The molecule has 0 fully saturated rings. The van der Waals surface area contributed by atoms with Crippen LogP contribution in [-0.4, -0.2) is 52.0 Å². The SMILES string of the molecule is CCNC(=NCc1ccc(OCCOc2ccccc2)nc1)NCCn1cnnc1CC.